The number of esters is 1. The first-order valence-electron chi connectivity index (χ1n) is 6.43. The van der Waals surface area contributed by atoms with Crippen molar-refractivity contribution in [2.75, 3.05) is 20.2 Å². The van der Waals surface area contributed by atoms with E-state index in [4.69, 9.17) is 4.74 Å². The topological polar surface area (TPSA) is 76.7 Å². The van der Waals surface area contributed by atoms with E-state index in [9.17, 15) is 9.59 Å². The molecule has 0 rings (SSSR count). The van der Waals surface area contributed by atoms with Gasteiger partial charge in [0.2, 0.25) is 0 Å². The van der Waals surface area contributed by atoms with Crippen molar-refractivity contribution in [3.63, 3.8) is 0 Å². The molecule has 0 aliphatic heterocycles. The van der Waals surface area contributed by atoms with Gasteiger partial charge in [-0.15, -0.1) is 0 Å². The molecule has 19 heavy (non-hydrogen) atoms. The Labute approximate surface area is 115 Å². The van der Waals surface area contributed by atoms with Crippen molar-refractivity contribution in [2.24, 2.45) is 5.92 Å². The molecule has 112 valence electrons. The van der Waals surface area contributed by atoms with Crippen LogP contribution in [0.25, 0.3) is 0 Å². The molecule has 6 heteroatoms. The van der Waals surface area contributed by atoms with E-state index in [1.165, 1.54) is 7.11 Å². The number of rotatable bonds is 6. The molecular weight excluding hydrogens is 248 g/mol. The third-order valence-electron chi connectivity index (χ3n) is 2.11. The zero-order valence-electron chi connectivity index (χ0n) is 12.7. The van der Waals surface area contributed by atoms with Crippen LogP contribution < -0.4 is 10.6 Å². The summed E-state index contributed by atoms with van der Waals surface area (Å²) >= 11 is 0. The molecule has 0 aliphatic rings. The van der Waals surface area contributed by atoms with E-state index in [1.807, 2.05) is 13.8 Å². The third-order valence-corrected chi connectivity index (χ3v) is 2.11. The van der Waals surface area contributed by atoms with Crippen LogP contribution in [-0.2, 0) is 14.3 Å². The van der Waals surface area contributed by atoms with Crippen molar-refractivity contribution in [1.29, 1.82) is 0 Å². The second-order valence-electron chi connectivity index (χ2n) is 5.76. The lowest BCUT2D eigenvalue weighted by Gasteiger charge is -2.22. The molecule has 0 saturated carbocycles. The molecule has 0 aliphatic carbocycles. The summed E-state index contributed by atoms with van der Waals surface area (Å²) in [6, 6.07) is -0.570. The predicted octanol–water partition coefficient (Wildman–Crippen LogP) is 1.30. The first kappa shape index (κ1) is 17.7. The summed E-state index contributed by atoms with van der Waals surface area (Å²) in [5.74, 6) is -0.00890. The summed E-state index contributed by atoms with van der Waals surface area (Å²) in [5.41, 5.74) is -0.559. The van der Waals surface area contributed by atoms with Gasteiger partial charge in [-0.25, -0.2) is 4.79 Å². The van der Waals surface area contributed by atoms with Gasteiger partial charge >= 0.3 is 12.1 Å². The van der Waals surface area contributed by atoms with Crippen molar-refractivity contribution in [2.45, 2.75) is 46.3 Å². The van der Waals surface area contributed by atoms with Crippen LogP contribution in [0.15, 0.2) is 0 Å². The Balaban J connectivity index is 4.26. The van der Waals surface area contributed by atoms with E-state index in [1.54, 1.807) is 20.8 Å². The Morgan fingerprint density at radius 2 is 1.74 bits per heavy atom. The van der Waals surface area contributed by atoms with Gasteiger partial charge in [0, 0.05) is 6.54 Å². The van der Waals surface area contributed by atoms with Crippen LogP contribution in [0.1, 0.15) is 34.6 Å². The predicted molar refractivity (Wildman–Crippen MR) is 72.9 cm³/mol. The van der Waals surface area contributed by atoms with Gasteiger partial charge in [0.1, 0.15) is 11.6 Å². The molecule has 0 aromatic heterocycles. The third kappa shape index (κ3) is 9.30. The highest BCUT2D eigenvalue weighted by molar-refractivity contribution is 5.77. The van der Waals surface area contributed by atoms with Crippen molar-refractivity contribution in [3.8, 4) is 0 Å². The summed E-state index contributed by atoms with van der Waals surface area (Å²) in [6.45, 7) is 10.2. The fourth-order valence-electron chi connectivity index (χ4n) is 1.26. The van der Waals surface area contributed by atoms with E-state index < -0.39 is 23.7 Å². The van der Waals surface area contributed by atoms with E-state index in [-0.39, 0.29) is 6.54 Å². The highest BCUT2D eigenvalue weighted by Gasteiger charge is 2.22. The molecule has 0 fully saturated rings. The number of methoxy groups -OCH3 is 1. The lowest BCUT2D eigenvalue weighted by Crippen LogP contribution is -2.48. The van der Waals surface area contributed by atoms with Gasteiger partial charge in [0.15, 0.2) is 0 Å². The Bertz CT molecular complexity index is 298. The van der Waals surface area contributed by atoms with Crippen molar-refractivity contribution in [1.82, 2.24) is 10.6 Å². The standard InChI is InChI=1S/C13H26N2O4/c1-9(2)7-14-10(11(16)18-6)8-15-12(17)19-13(3,4)5/h9-10,14H,7-8H2,1-6H3,(H,15,17). The average molecular weight is 274 g/mol. The van der Waals surface area contributed by atoms with Crippen LogP contribution in [0, 0.1) is 5.92 Å². The minimum Gasteiger partial charge on any atom is -0.468 e. The fraction of sp³-hybridized carbons (Fsp3) is 0.846. The van der Waals surface area contributed by atoms with E-state index in [0.717, 1.165) is 0 Å². The van der Waals surface area contributed by atoms with Crippen LogP contribution in [0.4, 0.5) is 4.79 Å². The maximum Gasteiger partial charge on any atom is 0.407 e. The first-order valence-corrected chi connectivity index (χ1v) is 6.43. The average Bonchev–Trinajstić information content (AvgIpc) is 2.25. The molecule has 0 aromatic carbocycles. The largest absolute Gasteiger partial charge is 0.468 e. The van der Waals surface area contributed by atoms with Crippen molar-refractivity contribution in [3.05, 3.63) is 0 Å². The summed E-state index contributed by atoms with van der Waals surface area (Å²) in [4.78, 5) is 23.0. The molecule has 2 N–H and O–H groups in total. The normalized spacial score (nSPS) is 13.0. The highest BCUT2D eigenvalue weighted by atomic mass is 16.6. The lowest BCUT2D eigenvalue weighted by molar-refractivity contribution is -0.143. The minimum atomic E-state index is -0.570. The van der Waals surface area contributed by atoms with Crippen molar-refractivity contribution >= 4 is 12.1 Å². The highest BCUT2D eigenvalue weighted by Crippen LogP contribution is 2.06. The number of nitrogens with one attached hydrogen (secondary N) is 2. The molecule has 6 nitrogen and oxygen atoms in total. The second-order valence-corrected chi connectivity index (χ2v) is 5.76. The van der Waals surface area contributed by atoms with Crippen LogP contribution in [0.3, 0.4) is 0 Å². The molecule has 0 aromatic rings. The molecule has 0 radical (unpaired) electrons. The van der Waals surface area contributed by atoms with Gasteiger partial charge in [0.05, 0.1) is 7.11 Å². The number of amides is 1. The molecule has 0 heterocycles. The Morgan fingerprint density at radius 3 is 2.16 bits per heavy atom. The van der Waals surface area contributed by atoms with Gasteiger partial charge < -0.3 is 20.1 Å². The first-order chi connectivity index (χ1) is 8.65. The van der Waals surface area contributed by atoms with Crippen LogP contribution in [-0.4, -0.2) is 43.9 Å². The fourth-order valence-corrected chi connectivity index (χ4v) is 1.26. The Morgan fingerprint density at radius 1 is 1.16 bits per heavy atom. The molecular formula is C13H26N2O4. The van der Waals surface area contributed by atoms with E-state index in [0.29, 0.717) is 12.5 Å². The molecule has 0 saturated heterocycles. The van der Waals surface area contributed by atoms with Gasteiger partial charge in [-0.3, -0.25) is 4.79 Å². The number of alkyl carbamates (subject to hydrolysis) is 1. The Kier molecular flexibility index (Phi) is 7.44. The number of carbonyl (C=O) groups excluding carboxylic acids is 2. The zero-order valence-corrected chi connectivity index (χ0v) is 12.7. The smallest absolute Gasteiger partial charge is 0.407 e. The minimum absolute atomic E-state index is 0.133. The van der Waals surface area contributed by atoms with Crippen LogP contribution in [0.2, 0.25) is 0 Å². The van der Waals surface area contributed by atoms with Crippen LogP contribution in [0.5, 0.6) is 0 Å². The van der Waals surface area contributed by atoms with E-state index >= 15 is 0 Å². The molecule has 0 bridgehead atoms. The number of hydrogen-bond donors (Lipinski definition) is 2. The number of ether oxygens (including phenoxy) is 2. The maximum atomic E-state index is 11.5. The quantitative estimate of drug-likeness (QED) is 0.714. The monoisotopic (exact) mass is 274 g/mol. The second kappa shape index (κ2) is 7.99. The zero-order chi connectivity index (χ0) is 15.1. The van der Waals surface area contributed by atoms with Crippen molar-refractivity contribution < 1.29 is 19.1 Å². The molecule has 1 amide bonds. The SMILES string of the molecule is COC(=O)C(CNC(=O)OC(C)(C)C)NCC(C)C. The van der Waals surface area contributed by atoms with Gasteiger partial charge in [-0.1, -0.05) is 13.8 Å². The maximum absolute atomic E-state index is 11.5. The summed E-state index contributed by atoms with van der Waals surface area (Å²) in [6.07, 6.45) is -0.548. The number of carbonyl (C=O) groups is 2. The molecule has 1 atom stereocenters. The number of hydrogen-bond acceptors (Lipinski definition) is 5. The summed E-state index contributed by atoms with van der Waals surface area (Å²) < 4.78 is 9.78. The lowest BCUT2D eigenvalue weighted by atomic mass is 10.2. The van der Waals surface area contributed by atoms with Gasteiger partial charge in [-0.05, 0) is 33.2 Å². The van der Waals surface area contributed by atoms with Gasteiger partial charge in [0.25, 0.3) is 0 Å². The summed E-state index contributed by atoms with van der Waals surface area (Å²) in [7, 11) is 1.32. The molecule has 0 spiro atoms. The molecule has 1 unspecified atom stereocenters. The van der Waals surface area contributed by atoms with Gasteiger partial charge in [-0.2, -0.15) is 0 Å². The Hall–Kier alpha value is -1.30. The van der Waals surface area contributed by atoms with E-state index in [2.05, 4.69) is 15.4 Å². The summed E-state index contributed by atoms with van der Waals surface area (Å²) in [5, 5.41) is 5.60. The van der Waals surface area contributed by atoms with Crippen LogP contribution >= 0.6 is 0 Å².